The Kier molecular flexibility index (Phi) is 7.34. The van der Waals surface area contributed by atoms with Crippen molar-refractivity contribution >= 4 is 39.4 Å². The van der Waals surface area contributed by atoms with Crippen molar-refractivity contribution in [1.29, 1.82) is 0 Å². The van der Waals surface area contributed by atoms with Crippen LogP contribution in [-0.2, 0) is 21.0 Å². The van der Waals surface area contributed by atoms with Gasteiger partial charge in [0.1, 0.15) is 6.54 Å². The number of halogens is 4. The number of nitrogens with one attached hydrogen (secondary N) is 1. The molecule has 1 amide bonds. The molecule has 33 heavy (non-hydrogen) atoms. The van der Waals surface area contributed by atoms with Crippen LogP contribution in [0, 0.1) is 0 Å². The number of hydrogen-bond acceptors (Lipinski definition) is 5. The molecule has 12 heteroatoms. The topological polar surface area (TPSA) is 91.7 Å². The smallest absolute Gasteiger partial charge is 0.271 e. The average molecular weight is 497 g/mol. The molecule has 0 atom stereocenters. The Morgan fingerprint density at radius 2 is 1.85 bits per heavy atom. The maximum Gasteiger partial charge on any atom is 0.417 e. The molecule has 0 aliphatic heterocycles. The van der Waals surface area contributed by atoms with Gasteiger partial charge in [-0.1, -0.05) is 35.9 Å². The van der Waals surface area contributed by atoms with Gasteiger partial charge in [0.2, 0.25) is 0 Å². The van der Waals surface area contributed by atoms with Crippen LogP contribution >= 0.6 is 11.6 Å². The number of rotatable bonds is 7. The zero-order valence-corrected chi connectivity index (χ0v) is 18.3. The Morgan fingerprint density at radius 3 is 2.48 bits per heavy atom. The van der Waals surface area contributed by atoms with E-state index < -0.39 is 39.2 Å². The molecule has 1 heterocycles. The van der Waals surface area contributed by atoms with Gasteiger partial charge in [-0.2, -0.15) is 18.3 Å². The minimum absolute atomic E-state index is 0.208. The molecule has 0 unspecified atom stereocenters. The summed E-state index contributed by atoms with van der Waals surface area (Å²) in [5.74, 6) is -0.877. The number of alkyl halides is 3. The highest BCUT2D eigenvalue weighted by Crippen LogP contribution is 2.37. The second-order valence-corrected chi connectivity index (χ2v) is 8.84. The minimum Gasteiger partial charge on any atom is -0.271 e. The quantitative estimate of drug-likeness (QED) is 0.394. The summed E-state index contributed by atoms with van der Waals surface area (Å²) >= 11 is 5.66. The first-order chi connectivity index (χ1) is 15.6. The lowest BCUT2D eigenvalue weighted by Gasteiger charge is -2.24. The van der Waals surface area contributed by atoms with Gasteiger partial charge < -0.3 is 0 Å². The predicted molar refractivity (Wildman–Crippen MR) is 117 cm³/mol. The SMILES string of the molecule is O=C(CN(c1ccc(Cl)c(C(F)(F)F)c1)S(=O)(=O)c1ccccc1)N/N=C\c1cccnc1. The predicted octanol–water partition coefficient (Wildman–Crippen LogP) is 4.10. The molecule has 0 saturated carbocycles. The highest BCUT2D eigenvalue weighted by molar-refractivity contribution is 7.92. The standard InChI is InChI=1S/C21H16ClF3N4O3S/c22-19-9-8-16(11-18(19)21(23,24)25)29(33(31,32)17-6-2-1-3-7-17)14-20(30)28-27-13-15-5-4-10-26-12-15/h1-13H,14H2,(H,28,30)/b27-13-. The number of sulfonamides is 1. The van der Waals surface area contributed by atoms with E-state index in [9.17, 15) is 26.4 Å². The molecule has 2 aromatic carbocycles. The van der Waals surface area contributed by atoms with E-state index in [4.69, 9.17) is 11.6 Å². The lowest BCUT2D eigenvalue weighted by molar-refractivity contribution is -0.137. The summed E-state index contributed by atoms with van der Waals surface area (Å²) in [4.78, 5) is 16.1. The molecule has 0 spiro atoms. The molecule has 1 aromatic heterocycles. The van der Waals surface area contributed by atoms with Gasteiger partial charge in [-0.25, -0.2) is 13.8 Å². The molecule has 1 N–H and O–H groups in total. The van der Waals surface area contributed by atoms with Gasteiger partial charge in [-0.3, -0.25) is 14.1 Å². The Bertz CT molecular complexity index is 1250. The molecular weight excluding hydrogens is 481 g/mol. The van der Waals surface area contributed by atoms with Crippen LogP contribution < -0.4 is 9.73 Å². The summed E-state index contributed by atoms with van der Waals surface area (Å²) in [7, 11) is -4.40. The molecule has 172 valence electrons. The van der Waals surface area contributed by atoms with Crippen LogP contribution in [0.1, 0.15) is 11.1 Å². The Balaban J connectivity index is 1.95. The fourth-order valence-electron chi connectivity index (χ4n) is 2.72. The van der Waals surface area contributed by atoms with Crippen molar-refractivity contribution in [3.63, 3.8) is 0 Å². The number of carbonyl (C=O) groups is 1. The largest absolute Gasteiger partial charge is 0.417 e. The number of carbonyl (C=O) groups excluding carboxylic acids is 1. The van der Waals surface area contributed by atoms with Gasteiger partial charge in [0.05, 0.1) is 27.4 Å². The molecule has 0 aliphatic carbocycles. The van der Waals surface area contributed by atoms with E-state index in [2.05, 4.69) is 15.5 Å². The molecular formula is C21H16ClF3N4O3S. The van der Waals surface area contributed by atoms with E-state index in [-0.39, 0.29) is 10.6 Å². The fraction of sp³-hybridized carbons (Fsp3) is 0.0952. The van der Waals surface area contributed by atoms with Gasteiger partial charge >= 0.3 is 6.18 Å². The number of hydrazone groups is 1. The molecule has 0 fully saturated rings. The molecule has 0 saturated heterocycles. The summed E-state index contributed by atoms with van der Waals surface area (Å²) in [6.45, 7) is -0.833. The van der Waals surface area contributed by atoms with Crippen LogP contribution in [0.3, 0.4) is 0 Å². The highest BCUT2D eigenvalue weighted by Gasteiger charge is 2.35. The van der Waals surface area contributed by atoms with Crippen molar-refractivity contribution in [2.75, 3.05) is 10.8 Å². The van der Waals surface area contributed by atoms with Crippen LogP contribution in [-0.4, -0.2) is 32.1 Å². The number of aromatic nitrogens is 1. The number of nitrogens with zero attached hydrogens (tertiary/aromatic N) is 3. The Morgan fingerprint density at radius 1 is 1.12 bits per heavy atom. The lowest BCUT2D eigenvalue weighted by atomic mass is 10.2. The molecule has 7 nitrogen and oxygen atoms in total. The van der Waals surface area contributed by atoms with Crippen molar-refractivity contribution < 1.29 is 26.4 Å². The van der Waals surface area contributed by atoms with Crippen LogP contribution in [0.4, 0.5) is 18.9 Å². The van der Waals surface area contributed by atoms with Crippen molar-refractivity contribution in [3.05, 3.63) is 89.2 Å². The highest BCUT2D eigenvalue weighted by atomic mass is 35.5. The molecule has 3 aromatic rings. The van der Waals surface area contributed by atoms with E-state index in [0.717, 1.165) is 12.1 Å². The Hall–Kier alpha value is -3.44. The van der Waals surface area contributed by atoms with Crippen LogP contribution in [0.15, 0.2) is 83.1 Å². The number of benzene rings is 2. The third kappa shape index (κ3) is 6.08. The number of amides is 1. The van der Waals surface area contributed by atoms with Gasteiger partial charge in [0.15, 0.2) is 0 Å². The molecule has 0 bridgehead atoms. The monoisotopic (exact) mass is 496 g/mol. The first-order valence-electron chi connectivity index (χ1n) is 9.25. The van der Waals surface area contributed by atoms with Crippen LogP contribution in [0.2, 0.25) is 5.02 Å². The zero-order chi connectivity index (χ0) is 24.1. The third-order valence-corrected chi connectivity index (χ3v) is 6.37. The van der Waals surface area contributed by atoms with Crippen molar-refractivity contribution in [1.82, 2.24) is 10.4 Å². The maximum absolute atomic E-state index is 13.3. The van der Waals surface area contributed by atoms with Crippen molar-refractivity contribution in [2.45, 2.75) is 11.1 Å². The van der Waals surface area contributed by atoms with Gasteiger partial charge in [0.25, 0.3) is 15.9 Å². The van der Waals surface area contributed by atoms with E-state index in [1.54, 1.807) is 24.4 Å². The summed E-state index contributed by atoms with van der Waals surface area (Å²) in [5.41, 5.74) is 1.11. The molecule has 3 rings (SSSR count). The maximum atomic E-state index is 13.3. The van der Waals surface area contributed by atoms with Gasteiger partial charge in [-0.15, -0.1) is 0 Å². The van der Waals surface area contributed by atoms with E-state index >= 15 is 0 Å². The molecule has 0 radical (unpaired) electrons. The second-order valence-electron chi connectivity index (χ2n) is 6.57. The van der Waals surface area contributed by atoms with E-state index in [1.807, 2.05) is 0 Å². The van der Waals surface area contributed by atoms with E-state index in [1.165, 1.54) is 36.7 Å². The summed E-state index contributed by atoms with van der Waals surface area (Å²) in [5, 5.41) is 3.12. The normalized spacial score (nSPS) is 12.0. The van der Waals surface area contributed by atoms with Crippen LogP contribution in [0.5, 0.6) is 0 Å². The Labute approximate surface area is 192 Å². The lowest BCUT2D eigenvalue weighted by Crippen LogP contribution is -2.39. The van der Waals surface area contributed by atoms with Gasteiger partial charge in [0, 0.05) is 18.0 Å². The van der Waals surface area contributed by atoms with Crippen LogP contribution in [0.25, 0.3) is 0 Å². The summed E-state index contributed by atoms with van der Waals surface area (Å²) in [6.07, 6.45) is -0.520. The number of pyridine rings is 1. The van der Waals surface area contributed by atoms with Crippen molar-refractivity contribution in [2.24, 2.45) is 5.10 Å². The third-order valence-electron chi connectivity index (χ3n) is 4.25. The average Bonchev–Trinajstić information content (AvgIpc) is 2.78. The van der Waals surface area contributed by atoms with Crippen molar-refractivity contribution in [3.8, 4) is 0 Å². The van der Waals surface area contributed by atoms with Gasteiger partial charge in [-0.05, 0) is 36.4 Å². The summed E-state index contributed by atoms with van der Waals surface area (Å²) < 4.78 is 67.0. The molecule has 0 aliphatic rings. The number of hydrogen-bond donors (Lipinski definition) is 1. The minimum atomic E-state index is -4.83. The second kappa shape index (κ2) is 10.0. The first-order valence-corrected chi connectivity index (χ1v) is 11.1. The van der Waals surface area contributed by atoms with E-state index in [0.29, 0.717) is 15.9 Å². The summed E-state index contributed by atoms with van der Waals surface area (Å²) in [6, 6.07) is 12.9. The fourth-order valence-corrected chi connectivity index (χ4v) is 4.38. The zero-order valence-electron chi connectivity index (χ0n) is 16.7. The first kappa shape index (κ1) is 24.2. The number of anilines is 1.